The van der Waals surface area contributed by atoms with Crippen LogP contribution >= 0.6 is 0 Å². The summed E-state index contributed by atoms with van der Waals surface area (Å²) in [5, 5.41) is 0. The Hall–Kier alpha value is -2.54. The van der Waals surface area contributed by atoms with Crippen LogP contribution in [0.2, 0.25) is 0 Å². The zero-order chi connectivity index (χ0) is 18.7. The first-order valence-corrected chi connectivity index (χ1v) is 8.92. The van der Waals surface area contributed by atoms with E-state index in [1.807, 2.05) is 31.2 Å². The fourth-order valence-corrected chi connectivity index (χ4v) is 2.71. The molecule has 1 aliphatic rings. The van der Waals surface area contributed by atoms with Crippen LogP contribution in [0.1, 0.15) is 40.0 Å². The zero-order valence-corrected chi connectivity index (χ0v) is 15.9. The van der Waals surface area contributed by atoms with Crippen molar-refractivity contribution in [2.24, 2.45) is 5.73 Å². The minimum Gasteiger partial charge on any atom is -0.398 e. The van der Waals surface area contributed by atoms with E-state index in [-0.39, 0.29) is 0 Å². The summed E-state index contributed by atoms with van der Waals surface area (Å²) in [6.45, 7) is 14.1. The van der Waals surface area contributed by atoms with Crippen LogP contribution in [0.3, 0.4) is 0 Å². The summed E-state index contributed by atoms with van der Waals surface area (Å²) in [5.41, 5.74) is 12.9. The normalized spacial score (nSPS) is 17.0. The van der Waals surface area contributed by atoms with E-state index in [4.69, 9.17) is 5.73 Å². The van der Waals surface area contributed by atoms with Crippen LogP contribution in [0.5, 0.6) is 0 Å². The first-order valence-electron chi connectivity index (χ1n) is 8.92. The first kappa shape index (κ1) is 20.5. The van der Waals surface area contributed by atoms with Gasteiger partial charge in [-0.3, -0.25) is 0 Å². The number of allylic oxidation sites excluding steroid dienone is 15. The van der Waals surface area contributed by atoms with E-state index >= 15 is 0 Å². The van der Waals surface area contributed by atoms with E-state index in [1.165, 1.54) is 11.1 Å². The number of nitrogens with two attached hydrogens (primary N) is 1. The largest absolute Gasteiger partial charge is 0.398 e. The Kier molecular flexibility index (Phi) is 9.10. The molecule has 0 aliphatic heterocycles. The SMILES string of the molecule is C=C/C=C\C(=C/C)C1=CC(C(=C)/C=C(N)/C(=C/C=C\C)CC)=CCC1. The Bertz CT molecular complexity index is 700. The summed E-state index contributed by atoms with van der Waals surface area (Å²) in [5.74, 6) is 0. The highest BCUT2D eigenvalue weighted by Gasteiger charge is 2.10. The minimum absolute atomic E-state index is 0.782. The van der Waals surface area contributed by atoms with Crippen molar-refractivity contribution in [3.05, 3.63) is 107 Å². The Labute approximate surface area is 153 Å². The van der Waals surface area contributed by atoms with Gasteiger partial charge in [-0.2, -0.15) is 0 Å². The molecular formula is C24H31N. The van der Waals surface area contributed by atoms with Crippen molar-refractivity contribution in [2.75, 3.05) is 0 Å². The molecule has 0 aromatic carbocycles. The van der Waals surface area contributed by atoms with Crippen LogP contribution in [0.4, 0.5) is 0 Å². The van der Waals surface area contributed by atoms with Crippen molar-refractivity contribution >= 4 is 0 Å². The number of rotatable bonds is 8. The van der Waals surface area contributed by atoms with Crippen molar-refractivity contribution in [1.82, 2.24) is 0 Å². The van der Waals surface area contributed by atoms with Gasteiger partial charge in [0.05, 0.1) is 0 Å². The van der Waals surface area contributed by atoms with Gasteiger partial charge in [0.2, 0.25) is 0 Å². The predicted octanol–water partition coefficient (Wildman–Crippen LogP) is 6.63. The second-order valence-corrected chi connectivity index (χ2v) is 5.90. The van der Waals surface area contributed by atoms with Crippen molar-refractivity contribution in [2.45, 2.75) is 40.0 Å². The zero-order valence-electron chi connectivity index (χ0n) is 15.9. The molecule has 0 saturated carbocycles. The Morgan fingerprint density at radius 2 is 2.04 bits per heavy atom. The molecule has 0 heterocycles. The van der Waals surface area contributed by atoms with Crippen LogP contribution in [0, 0.1) is 0 Å². The third kappa shape index (κ3) is 6.46. The maximum Gasteiger partial charge on any atom is 0.0352 e. The average Bonchev–Trinajstić information content (AvgIpc) is 2.63. The second-order valence-electron chi connectivity index (χ2n) is 5.90. The van der Waals surface area contributed by atoms with Crippen molar-refractivity contribution in [1.29, 1.82) is 0 Å². The van der Waals surface area contributed by atoms with E-state index in [0.29, 0.717) is 0 Å². The molecule has 0 spiro atoms. The van der Waals surface area contributed by atoms with Crippen LogP contribution in [-0.2, 0) is 0 Å². The van der Waals surface area contributed by atoms with E-state index < -0.39 is 0 Å². The lowest BCUT2D eigenvalue weighted by atomic mass is 9.90. The average molecular weight is 334 g/mol. The van der Waals surface area contributed by atoms with Crippen molar-refractivity contribution in [3.8, 4) is 0 Å². The molecule has 0 bridgehead atoms. The van der Waals surface area contributed by atoms with E-state index in [1.54, 1.807) is 6.08 Å². The van der Waals surface area contributed by atoms with Gasteiger partial charge in [-0.15, -0.1) is 0 Å². The summed E-state index contributed by atoms with van der Waals surface area (Å²) < 4.78 is 0. The van der Waals surface area contributed by atoms with Crippen molar-refractivity contribution < 1.29 is 0 Å². The molecule has 0 atom stereocenters. The van der Waals surface area contributed by atoms with Gasteiger partial charge in [0, 0.05) is 5.70 Å². The highest BCUT2D eigenvalue weighted by atomic mass is 14.6. The monoisotopic (exact) mass is 333 g/mol. The molecule has 0 aromatic rings. The summed E-state index contributed by atoms with van der Waals surface area (Å²) in [6.07, 6.45) is 23.5. The van der Waals surface area contributed by atoms with Gasteiger partial charge in [-0.1, -0.05) is 74.8 Å². The second kappa shape index (κ2) is 11.1. The van der Waals surface area contributed by atoms with Gasteiger partial charge in [0.25, 0.3) is 0 Å². The number of hydrogen-bond donors (Lipinski definition) is 1. The lowest BCUT2D eigenvalue weighted by Crippen LogP contribution is -2.03. The molecule has 0 saturated heterocycles. The topological polar surface area (TPSA) is 26.0 Å². The summed E-state index contributed by atoms with van der Waals surface area (Å²) in [6, 6.07) is 0. The molecule has 25 heavy (non-hydrogen) atoms. The molecule has 1 nitrogen and oxygen atoms in total. The fraction of sp³-hybridized carbons (Fsp3) is 0.250. The smallest absolute Gasteiger partial charge is 0.0352 e. The molecule has 0 amide bonds. The first-order chi connectivity index (χ1) is 12.1. The van der Waals surface area contributed by atoms with Gasteiger partial charge in [0.15, 0.2) is 0 Å². The molecular weight excluding hydrogens is 302 g/mol. The predicted molar refractivity (Wildman–Crippen MR) is 113 cm³/mol. The van der Waals surface area contributed by atoms with E-state index in [9.17, 15) is 0 Å². The molecule has 132 valence electrons. The maximum atomic E-state index is 6.28. The van der Waals surface area contributed by atoms with E-state index in [2.05, 4.69) is 57.4 Å². The molecule has 2 N–H and O–H groups in total. The van der Waals surface area contributed by atoms with Crippen LogP contribution in [-0.4, -0.2) is 0 Å². The quantitative estimate of drug-likeness (QED) is 0.495. The molecule has 1 aliphatic carbocycles. The Balaban J connectivity index is 3.05. The van der Waals surface area contributed by atoms with Gasteiger partial charge in [-0.25, -0.2) is 0 Å². The van der Waals surface area contributed by atoms with Crippen molar-refractivity contribution in [3.63, 3.8) is 0 Å². The molecule has 0 radical (unpaired) electrons. The standard InChI is InChI=1S/C24H31N/c1-6-10-13-20(8-3)23-16-12-15-22(18-23)19(5)17-24(25)21(9-4)14-11-7-2/h6-8,10-11,13-15,17-18H,1,5,9,12,16,25H2,2-4H3/b11-7-,13-10-,20-8+,21-14+,24-17-. The molecule has 0 fully saturated rings. The lowest BCUT2D eigenvalue weighted by Gasteiger charge is -2.16. The highest BCUT2D eigenvalue weighted by molar-refractivity contribution is 5.55. The molecule has 1 heteroatoms. The third-order valence-corrected chi connectivity index (χ3v) is 4.14. The number of hydrogen-bond acceptors (Lipinski definition) is 1. The molecule has 0 aromatic heterocycles. The fourth-order valence-electron chi connectivity index (χ4n) is 2.71. The highest BCUT2D eigenvalue weighted by Crippen LogP contribution is 2.28. The van der Waals surface area contributed by atoms with Crippen LogP contribution < -0.4 is 5.73 Å². The maximum absolute atomic E-state index is 6.28. The van der Waals surface area contributed by atoms with Gasteiger partial charge in [-0.05, 0) is 67.1 Å². The van der Waals surface area contributed by atoms with Crippen LogP contribution in [0.15, 0.2) is 107 Å². The minimum atomic E-state index is 0.782. The Morgan fingerprint density at radius 3 is 2.64 bits per heavy atom. The third-order valence-electron chi connectivity index (χ3n) is 4.14. The van der Waals surface area contributed by atoms with Gasteiger partial charge < -0.3 is 5.73 Å². The van der Waals surface area contributed by atoms with Crippen LogP contribution in [0.25, 0.3) is 0 Å². The lowest BCUT2D eigenvalue weighted by molar-refractivity contribution is 0.964. The Morgan fingerprint density at radius 1 is 1.28 bits per heavy atom. The van der Waals surface area contributed by atoms with Gasteiger partial charge in [0.1, 0.15) is 0 Å². The molecule has 1 rings (SSSR count). The van der Waals surface area contributed by atoms with E-state index in [0.717, 1.165) is 41.7 Å². The summed E-state index contributed by atoms with van der Waals surface area (Å²) >= 11 is 0. The summed E-state index contributed by atoms with van der Waals surface area (Å²) in [7, 11) is 0. The molecule has 0 unspecified atom stereocenters. The van der Waals surface area contributed by atoms with Gasteiger partial charge >= 0.3 is 0 Å². The summed E-state index contributed by atoms with van der Waals surface area (Å²) in [4.78, 5) is 0.